The SMILES string of the molecule is CCCCCCCCCCCCCCCC(=O)N[C@H](CNC(=O)CCCCC(=O)NCCCC[C@@H](C(=O)NCCO[C@H]1O[C@H](CO)[C@@H](O)[C@H](O)[C@@H]1O)N(CC(=O)NCCO[C@H]1O[C@H](CO)[C@@H](O)[C@H](O)[C@@H]1O)CC(=O)NCCO[C@H]1O[C@H](CO)[C@@H](O)[C@@H](O)[C@@H]1O)C(=O)ON1C(=O)CCC1=O. The van der Waals surface area contributed by atoms with Crippen molar-refractivity contribution < 1.29 is 138 Å². The van der Waals surface area contributed by atoms with Gasteiger partial charge < -0.3 is 126 Å². The molecule has 36 heteroatoms. The maximum Gasteiger partial charge on any atom is 0.357 e. The van der Waals surface area contributed by atoms with Crippen molar-refractivity contribution in [3.63, 3.8) is 0 Å². The number of ether oxygens (including phenoxy) is 6. The molecule has 0 saturated carbocycles. The summed E-state index contributed by atoms with van der Waals surface area (Å²) >= 11 is 0. The van der Waals surface area contributed by atoms with E-state index in [1.165, 1.54) is 56.3 Å². The summed E-state index contributed by atoms with van der Waals surface area (Å²) in [7, 11) is 0. The van der Waals surface area contributed by atoms with Crippen molar-refractivity contribution in [1.29, 1.82) is 0 Å². The normalized spacial score (nSPS) is 26.9. The Morgan fingerprint density at radius 2 is 0.828 bits per heavy atom. The van der Waals surface area contributed by atoms with Gasteiger partial charge in [0.15, 0.2) is 18.9 Å². The van der Waals surface area contributed by atoms with E-state index in [2.05, 4.69) is 38.8 Å². The highest BCUT2D eigenvalue weighted by molar-refractivity contribution is 6.02. The number of amides is 8. The number of carbonyl (C=O) groups excluding carboxylic acids is 9. The third-order valence-electron chi connectivity index (χ3n) is 17.2. The fourth-order valence-electron chi connectivity index (χ4n) is 11.3. The van der Waals surface area contributed by atoms with Gasteiger partial charge in [0, 0.05) is 64.8 Å². The van der Waals surface area contributed by atoms with Crippen molar-refractivity contribution in [2.24, 2.45) is 0 Å². The van der Waals surface area contributed by atoms with Crippen molar-refractivity contribution >= 4 is 53.2 Å². The Kier molecular flexibility index (Phi) is 41.5. The number of unbranched alkanes of at least 4 members (excludes halogenated alkanes) is 14. The Balaban J connectivity index is 1.33. The Morgan fingerprint density at radius 1 is 0.455 bits per heavy atom. The van der Waals surface area contributed by atoms with Crippen molar-refractivity contribution in [3.05, 3.63) is 0 Å². The fraction of sp³-hybridized carbons (Fsp3) is 0.857. The van der Waals surface area contributed by atoms with Gasteiger partial charge in [0.05, 0.1) is 58.8 Å². The van der Waals surface area contributed by atoms with E-state index in [1.807, 2.05) is 0 Å². The predicted octanol–water partition coefficient (Wildman–Crippen LogP) is -6.01. The average Bonchev–Trinajstić information content (AvgIpc) is 1.53. The minimum absolute atomic E-state index is 0.0231. The number of aliphatic hydroxyl groups excluding tert-OH is 12. The maximum absolute atomic E-state index is 14.3. The Labute approximate surface area is 575 Å². The van der Waals surface area contributed by atoms with Crippen LogP contribution in [0.5, 0.6) is 0 Å². The summed E-state index contributed by atoms with van der Waals surface area (Å²) in [5.41, 5.74) is 0. The van der Waals surface area contributed by atoms with Gasteiger partial charge in [0.1, 0.15) is 79.3 Å². The second-order valence-corrected chi connectivity index (χ2v) is 25.1. The lowest BCUT2D eigenvalue weighted by atomic mass is 9.99. The van der Waals surface area contributed by atoms with Crippen molar-refractivity contribution in [3.8, 4) is 0 Å². The van der Waals surface area contributed by atoms with Crippen LogP contribution in [0.1, 0.15) is 155 Å². The van der Waals surface area contributed by atoms with Gasteiger partial charge in [-0.25, -0.2) is 4.79 Å². The topological polar surface area (TPSA) is 540 Å². The minimum atomic E-state index is -1.77. The number of nitrogens with one attached hydrogen (secondary N) is 6. The molecule has 0 aromatic carbocycles. The highest BCUT2D eigenvalue weighted by Gasteiger charge is 2.47. The van der Waals surface area contributed by atoms with Gasteiger partial charge in [-0.2, -0.15) is 0 Å². The zero-order valence-corrected chi connectivity index (χ0v) is 56.6. The molecule has 0 radical (unpaired) electrons. The smallest absolute Gasteiger partial charge is 0.357 e. The molecular formula is C63H110N8O28. The standard InChI is InChI=1S/C63H110N8O28/c1-2-3-4-5-6-7-8-9-10-11-12-13-14-22-45(77)69-38(60(92)99-71-48(80)23-24-49(71)81)32-68-44(76)21-16-15-20-43(75)64-25-18-17-19-39(59(91)67-28-31-95-63-58(90)55(87)52(84)42(37-74)98-63)70(33-46(78)65-26-29-93-61-56(88)53(85)50(82)40(35-72)96-61)34-47(79)66-27-30-94-62-57(89)54(86)51(83)41(36-73)97-62/h38-42,50-58,61-63,72-74,82-90H,2-37H2,1H3,(H,64,75)(H,65,78)(H,66,79)(H,67,91)(H,68,76)(H,69,77)/t38-,39+,40-,41-,42-,50-,51-,52-,53-,54+,55+,56+,57+,58+,61+,62+,63+/m1/s1. The summed E-state index contributed by atoms with van der Waals surface area (Å²) in [6.45, 7) is -3.65. The quantitative estimate of drug-likeness (QED) is 0.0199. The third-order valence-corrected chi connectivity index (χ3v) is 17.2. The van der Waals surface area contributed by atoms with Crippen LogP contribution < -0.4 is 31.9 Å². The molecule has 4 aliphatic rings. The van der Waals surface area contributed by atoms with Gasteiger partial charge in [-0.05, 0) is 38.5 Å². The molecule has 4 aliphatic heterocycles. The molecule has 18 N–H and O–H groups in total. The molecule has 4 saturated heterocycles. The van der Waals surface area contributed by atoms with E-state index in [0.717, 1.165) is 25.7 Å². The molecule has 36 nitrogen and oxygen atoms in total. The highest BCUT2D eigenvalue weighted by atomic mass is 16.7. The first-order valence-corrected chi connectivity index (χ1v) is 34.7. The molecule has 0 aliphatic carbocycles. The molecule has 0 unspecified atom stereocenters. The molecule has 4 fully saturated rings. The molecule has 8 amide bonds. The van der Waals surface area contributed by atoms with E-state index in [-0.39, 0.29) is 110 Å². The maximum atomic E-state index is 14.3. The van der Waals surface area contributed by atoms with Crippen LogP contribution in [0.15, 0.2) is 0 Å². The number of hydroxylamine groups is 2. The lowest BCUT2D eigenvalue weighted by Crippen LogP contribution is -2.59. The molecule has 4 rings (SSSR count). The third kappa shape index (κ3) is 30.6. The lowest BCUT2D eigenvalue weighted by molar-refractivity contribution is -0.300. The summed E-state index contributed by atoms with van der Waals surface area (Å²) in [5, 5.41) is 137. The van der Waals surface area contributed by atoms with Crippen LogP contribution in [-0.2, 0) is 76.4 Å². The molecule has 0 spiro atoms. The molecule has 17 atom stereocenters. The number of imide groups is 1. The Bertz CT molecular complexity index is 2350. The summed E-state index contributed by atoms with van der Waals surface area (Å²) in [6.07, 6.45) is -9.18. The van der Waals surface area contributed by atoms with Crippen LogP contribution in [0.25, 0.3) is 0 Å². The van der Waals surface area contributed by atoms with E-state index in [1.54, 1.807) is 0 Å². The van der Waals surface area contributed by atoms with Crippen LogP contribution in [0.3, 0.4) is 0 Å². The monoisotopic (exact) mass is 1430 g/mol. The summed E-state index contributed by atoms with van der Waals surface area (Å²) < 4.78 is 32.5. The van der Waals surface area contributed by atoms with Crippen LogP contribution >= 0.6 is 0 Å². The van der Waals surface area contributed by atoms with E-state index < -0.39 is 197 Å². The molecule has 0 aromatic heterocycles. The van der Waals surface area contributed by atoms with E-state index >= 15 is 0 Å². The summed E-state index contributed by atoms with van der Waals surface area (Å²) in [6, 6.07) is -2.76. The van der Waals surface area contributed by atoms with Crippen molar-refractivity contribution in [2.45, 2.75) is 259 Å². The first kappa shape index (κ1) is 86.1. The van der Waals surface area contributed by atoms with Gasteiger partial charge in [-0.3, -0.25) is 43.3 Å². The molecule has 0 bridgehead atoms. The highest BCUT2D eigenvalue weighted by Crippen LogP contribution is 2.25. The number of hydrogen-bond donors (Lipinski definition) is 18. The molecule has 0 aromatic rings. The van der Waals surface area contributed by atoms with Gasteiger partial charge in [0.25, 0.3) is 11.8 Å². The second kappa shape index (κ2) is 47.8. The number of aliphatic hydroxyl groups is 12. The first-order chi connectivity index (χ1) is 47.5. The molecule has 570 valence electrons. The van der Waals surface area contributed by atoms with Crippen LogP contribution in [0.2, 0.25) is 0 Å². The van der Waals surface area contributed by atoms with Gasteiger partial charge in [-0.15, -0.1) is 5.06 Å². The second-order valence-electron chi connectivity index (χ2n) is 25.1. The molecule has 4 heterocycles. The minimum Gasteiger partial charge on any atom is -0.394 e. The average molecular weight is 1430 g/mol. The van der Waals surface area contributed by atoms with Gasteiger partial charge in [-0.1, -0.05) is 84.0 Å². The zero-order chi connectivity index (χ0) is 72.8. The zero-order valence-electron chi connectivity index (χ0n) is 56.6. The fourth-order valence-corrected chi connectivity index (χ4v) is 11.3. The molecule has 99 heavy (non-hydrogen) atoms. The van der Waals surface area contributed by atoms with E-state index in [9.17, 15) is 104 Å². The molecular weight excluding hydrogens is 1320 g/mol. The van der Waals surface area contributed by atoms with Crippen molar-refractivity contribution in [1.82, 2.24) is 41.9 Å². The summed E-state index contributed by atoms with van der Waals surface area (Å²) in [4.78, 5) is 125. The van der Waals surface area contributed by atoms with E-state index in [0.29, 0.717) is 11.5 Å². The van der Waals surface area contributed by atoms with Crippen LogP contribution in [-0.4, -0.2) is 314 Å². The Morgan fingerprint density at radius 3 is 1.25 bits per heavy atom. The van der Waals surface area contributed by atoms with Crippen LogP contribution in [0.4, 0.5) is 0 Å². The largest absolute Gasteiger partial charge is 0.394 e. The van der Waals surface area contributed by atoms with Crippen LogP contribution in [0, 0.1) is 0 Å². The Hall–Kier alpha value is -5.33. The van der Waals surface area contributed by atoms with E-state index in [4.69, 9.17) is 33.3 Å². The number of carbonyl (C=O) groups is 9. The number of hydrogen-bond acceptors (Lipinski definition) is 29. The number of nitrogens with zero attached hydrogens (tertiary/aromatic N) is 2. The lowest BCUT2D eigenvalue weighted by Gasteiger charge is -2.39. The predicted molar refractivity (Wildman–Crippen MR) is 341 cm³/mol. The summed E-state index contributed by atoms with van der Waals surface area (Å²) in [5.74, 6) is -6.31. The first-order valence-electron chi connectivity index (χ1n) is 34.7. The van der Waals surface area contributed by atoms with Gasteiger partial charge in [0.2, 0.25) is 35.4 Å². The van der Waals surface area contributed by atoms with Crippen molar-refractivity contribution in [2.75, 3.05) is 85.5 Å². The number of rotatable bonds is 50. The van der Waals surface area contributed by atoms with Gasteiger partial charge >= 0.3 is 5.97 Å².